The van der Waals surface area contributed by atoms with E-state index in [-0.39, 0.29) is 11.2 Å². The molecule has 120 valence electrons. The molecule has 0 aromatic heterocycles. The third-order valence-corrected chi connectivity index (χ3v) is 4.79. The number of rotatable bonds is 6. The van der Waals surface area contributed by atoms with Crippen LogP contribution >= 0.6 is 0 Å². The number of carbonyl (C=O) groups excluding carboxylic acids is 1. The molecule has 0 saturated carbocycles. The van der Waals surface area contributed by atoms with Gasteiger partial charge in [-0.05, 0) is 47.6 Å². The van der Waals surface area contributed by atoms with Crippen molar-refractivity contribution in [3.8, 4) is 5.75 Å². The van der Waals surface area contributed by atoms with Gasteiger partial charge in [-0.2, -0.15) is 0 Å². The molecule has 2 nitrogen and oxygen atoms in total. The molecule has 1 N–H and O–H groups in total. The largest absolute Gasteiger partial charge is 0.507 e. The highest BCUT2D eigenvalue weighted by atomic mass is 16.3. The quantitative estimate of drug-likeness (QED) is 0.569. The zero-order valence-corrected chi connectivity index (χ0v) is 14.0. The topological polar surface area (TPSA) is 37.3 Å². The van der Waals surface area contributed by atoms with Gasteiger partial charge >= 0.3 is 0 Å². The Bertz CT molecular complexity index is 710. The first-order valence-corrected chi connectivity index (χ1v) is 8.09. The molecule has 0 amide bonds. The summed E-state index contributed by atoms with van der Waals surface area (Å²) in [5.41, 5.74) is 3.81. The van der Waals surface area contributed by atoms with Gasteiger partial charge in [-0.3, -0.25) is 4.79 Å². The van der Waals surface area contributed by atoms with Gasteiger partial charge in [-0.15, -0.1) is 0 Å². The summed E-state index contributed by atoms with van der Waals surface area (Å²) in [6.45, 7) is 6.72. The lowest BCUT2D eigenvalue weighted by Crippen LogP contribution is -2.19. The number of hydrogen-bond acceptors (Lipinski definition) is 2. The Morgan fingerprint density at radius 3 is 2.39 bits per heavy atom. The van der Waals surface area contributed by atoms with Crippen molar-refractivity contribution < 1.29 is 9.90 Å². The Morgan fingerprint density at radius 2 is 1.74 bits per heavy atom. The molecule has 0 atom stereocenters. The van der Waals surface area contributed by atoms with E-state index in [9.17, 15) is 9.90 Å². The second-order valence-electron chi connectivity index (χ2n) is 6.16. The van der Waals surface area contributed by atoms with Crippen molar-refractivity contribution in [3.05, 3.63) is 64.7 Å². The lowest BCUT2D eigenvalue weighted by Gasteiger charge is -2.27. The molecule has 0 aliphatic carbocycles. The average molecular weight is 308 g/mol. The van der Waals surface area contributed by atoms with E-state index in [2.05, 4.69) is 39.0 Å². The van der Waals surface area contributed by atoms with Gasteiger partial charge in [0.05, 0.1) is 0 Å². The summed E-state index contributed by atoms with van der Waals surface area (Å²) in [6, 6.07) is 13.3. The van der Waals surface area contributed by atoms with Crippen LogP contribution in [0.25, 0.3) is 12.2 Å². The van der Waals surface area contributed by atoms with E-state index >= 15 is 0 Å². The Balaban J connectivity index is 2.32. The lowest BCUT2D eigenvalue weighted by molar-refractivity contribution is 0.112. The fourth-order valence-corrected chi connectivity index (χ4v) is 2.64. The number of benzene rings is 2. The molecule has 2 heteroatoms. The summed E-state index contributed by atoms with van der Waals surface area (Å²) >= 11 is 0. The van der Waals surface area contributed by atoms with Gasteiger partial charge in [0.1, 0.15) is 12.0 Å². The van der Waals surface area contributed by atoms with E-state index in [1.807, 2.05) is 18.2 Å². The highest BCUT2D eigenvalue weighted by molar-refractivity contribution is 5.80. The fourth-order valence-electron chi connectivity index (χ4n) is 2.64. The molecule has 2 aromatic rings. The van der Waals surface area contributed by atoms with E-state index in [0.717, 1.165) is 24.7 Å². The summed E-state index contributed by atoms with van der Waals surface area (Å²) in [7, 11) is 0. The van der Waals surface area contributed by atoms with Crippen LogP contribution in [0.3, 0.4) is 0 Å². The molecule has 0 fully saturated rings. The van der Waals surface area contributed by atoms with Gasteiger partial charge in [0.2, 0.25) is 0 Å². The first kappa shape index (κ1) is 17.0. The van der Waals surface area contributed by atoms with Gasteiger partial charge in [0.15, 0.2) is 0 Å². The molecule has 0 heterocycles. The Kier molecular flexibility index (Phi) is 5.38. The molecular weight excluding hydrogens is 284 g/mol. The molecule has 0 saturated heterocycles. The molecule has 0 bridgehead atoms. The molecule has 0 aliphatic rings. The first-order valence-electron chi connectivity index (χ1n) is 8.09. The highest BCUT2D eigenvalue weighted by Crippen LogP contribution is 2.31. The van der Waals surface area contributed by atoms with E-state index < -0.39 is 0 Å². The molecule has 0 radical (unpaired) electrons. The van der Waals surface area contributed by atoms with Gasteiger partial charge in [0, 0.05) is 11.1 Å². The van der Waals surface area contributed by atoms with Gasteiger partial charge in [0.25, 0.3) is 0 Å². The number of hydrogen-bond donors (Lipinski definition) is 1. The summed E-state index contributed by atoms with van der Waals surface area (Å²) in [5, 5.41) is 9.90. The predicted molar refractivity (Wildman–Crippen MR) is 96.8 cm³/mol. The summed E-state index contributed by atoms with van der Waals surface area (Å²) in [5.74, 6) is 0.176. The number of carbonyl (C=O) groups is 1. The van der Waals surface area contributed by atoms with Gasteiger partial charge in [-0.25, -0.2) is 0 Å². The van der Waals surface area contributed by atoms with Crippen LogP contribution in [0.4, 0.5) is 0 Å². The van der Waals surface area contributed by atoms with Crippen molar-refractivity contribution in [1.82, 2.24) is 0 Å². The zero-order chi connectivity index (χ0) is 16.9. The number of phenols is 1. The van der Waals surface area contributed by atoms with E-state index in [1.54, 1.807) is 18.2 Å². The van der Waals surface area contributed by atoms with Crippen LogP contribution in [0, 0.1) is 0 Å². The normalized spacial score (nSPS) is 11.8. The fraction of sp³-hybridized carbons (Fsp3) is 0.286. The molecule has 2 rings (SSSR count). The third-order valence-electron chi connectivity index (χ3n) is 4.79. The summed E-state index contributed by atoms with van der Waals surface area (Å²) < 4.78 is 0. The second-order valence-corrected chi connectivity index (χ2v) is 6.16. The predicted octanol–water partition coefficient (Wildman–Crippen LogP) is 5.45. The number of phenolic OH excluding ortho intramolecular Hbond substituents is 1. The van der Waals surface area contributed by atoms with Crippen LogP contribution in [0.5, 0.6) is 5.75 Å². The maximum atomic E-state index is 10.9. The lowest BCUT2D eigenvalue weighted by atomic mass is 9.77. The van der Waals surface area contributed by atoms with E-state index in [1.165, 1.54) is 5.56 Å². The van der Waals surface area contributed by atoms with Gasteiger partial charge < -0.3 is 5.11 Å². The summed E-state index contributed by atoms with van der Waals surface area (Å²) in [6.07, 6.45) is 6.79. The first-order chi connectivity index (χ1) is 11.0. The van der Waals surface area contributed by atoms with Crippen molar-refractivity contribution in [2.45, 2.75) is 39.0 Å². The molecule has 2 aromatic carbocycles. The van der Waals surface area contributed by atoms with Crippen LogP contribution in [0.2, 0.25) is 0 Å². The number of aldehydes is 1. The van der Waals surface area contributed by atoms with Crippen molar-refractivity contribution in [2.75, 3.05) is 0 Å². The Labute approximate surface area is 138 Å². The highest BCUT2D eigenvalue weighted by Gasteiger charge is 2.21. The minimum atomic E-state index is 0.176. The minimum Gasteiger partial charge on any atom is -0.507 e. The van der Waals surface area contributed by atoms with Crippen LogP contribution in [0.15, 0.2) is 42.5 Å². The maximum Gasteiger partial charge on any atom is 0.150 e. The Morgan fingerprint density at radius 1 is 1.00 bits per heavy atom. The number of aromatic hydroxyl groups is 1. The van der Waals surface area contributed by atoms with Crippen LogP contribution in [-0.4, -0.2) is 11.4 Å². The standard InChI is InChI=1S/C21H24O2/c1-4-21(3,5-2)19-8-6-7-16(14-19)9-11-18-13-17(15-22)10-12-20(18)23/h6-15,23H,4-5H2,1-3H3. The smallest absolute Gasteiger partial charge is 0.150 e. The SMILES string of the molecule is CCC(C)(CC)c1cccc(C=Cc2cc(C=O)ccc2O)c1. The minimum absolute atomic E-state index is 0.176. The monoisotopic (exact) mass is 308 g/mol. The zero-order valence-electron chi connectivity index (χ0n) is 14.0. The average Bonchev–Trinajstić information content (AvgIpc) is 2.60. The third kappa shape index (κ3) is 3.89. The molecular formula is C21H24O2. The van der Waals surface area contributed by atoms with Crippen LogP contribution in [0.1, 0.15) is 60.7 Å². The molecule has 0 aliphatic heterocycles. The summed E-state index contributed by atoms with van der Waals surface area (Å²) in [4.78, 5) is 10.9. The molecule has 0 spiro atoms. The molecule has 23 heavy (non-hydrogen) atoms. The van der Waals surface area contributed by atoms with E-state index in [0.29, 0.717) is 11.1 Å². The van der Waals surface area contributed by atoms with E-state index in [4.69, 9.17) is 0 Å². The van der Waals surface area contributed by atoms with Crippen LogP contribution < -0.4 is 0 Å². The Hall–Kier alpha value is -2.35. The second kappa shape index (κ2) is 7.28. The van der Waals surface area contributed by atoms with Crippen molar-refractivity contribution in [2.24, 2.45) is 0 Å². The van der Waals surface area contributed by atoms with Crippen molar-refractivity contribution in [3.63, 3.8) is 0 Å². The maximum absolute atomic E-state index is 10.9. The van der Waals surface area contributed by atoms with Crippen LogP contribution in [-0.2, 0) is 5.41 Å². The van der Waals surface area contributed by atoms with Crippen molar-refractivity contribution >= 4 is 18.4 Å². The van der Waals surface area contributed by atoms with Gasteiger partial charge in [-0.1, -0.05) is 57.2 Å². The van der Waals surface area contributed by atoms with Crippen molar-refractivity contribution in [1.29, 1.82) is 0 Å². The molecule has 0 unspecified atom stereocenters.